The summed E-state index contributed by atoms with van der Waals surface area (Å²) in [6.07, 6.45) is -0.861. The highest BCUT2D eigenvalue weighted by Crippen LogP contribution is 2.36. The van der Waals surface area contributed by atoms with Gasteiger partial charge in [0.25, 0.3) is 10.0 Å². The standard InChI is InChI=1S/C22H25N3O6S/c1-30-10-11-31-22(27)24-32(28,29)17-6-7-21(25-9-8-16(26)14-25)18(13-17)20-12-15-4-2-3-5-19(15)23-20/h2-7,12-13,16,23,26H,8-11,14H2,1H3,(H,24,27)/t16-/m0/s1. The number of fused-ring (bicyclic) bond motifs is 1. The number of nitrogens with one attached hydrogen (secondary N) is 2. The van der Waals surface area contributed by atoms with Crippen LogP contribution in [0.5, 0.6) is 0 Å². The fraction of sp³-hybridized carbons (Fsp3) is 0.318. The van der Waals surface area contributed by atoms with Crippen LogP contribution in [0.3, 0.4) is 0 Å². The number of carbonyl (C=O) groups excluding carboxylic acids is 1. The number of H-pyrrole nitrogens is 1. The van der Waals surface area contributed by atoms with Gasteiger partial charge in [0.2, 0.25) is 0 Å². The minimum Gasteiger partial charge on any atom is -0.446 e. The molecule has 0 spiro atoms. The molecule has 0 radical (unpaired) electrons. The largest absolute Gasteiger partial charge is 0.446 e. The van der Waals surface area contributed by atoms with E-state index >= 15 is 0 Å². The Kier molecular flexibility index (Phi) is 6.35. The monoisotopic (exact) mass is 459 g/mol. The normalized spacial score (nSPS) is 16.4. The number of nitrogens with zero attached hydrogens (tertiary/aromatic N) is 1. The Morgan fingerprint density at radius 1 is 1.22 bits per heavy atom. The number of aliphatic hydroxyl groups is 1. The highest BCUT2D eigenvalue weighted by atomic mass is 32.2. The molecule has 3 aromatic rings. The summed E-state index contributed by atoms with van der Waals surface area (Å²) in [5.41, 5.74) is 3.12. The number of methoxy groups -OCH3 is 1. The Hall–Kier alpha value is -3.08. The second-order valence-corrected chi connectivity index (χ2v) is 9.25. The van der Waals surface area contributed by atoms with Gasteiger partial charge >= 0.3 is 6.09 Å². The number of anilines is 1. The lowest BCUT2D eigenvalue weighted by Crippen LogP contribution is -2.32. The lowest BCUT2D eigenvalue weighted by molar-refractivity contribution is 0.102. The zero-order valence-corrected chi connectivity index (χ0v) is 18.4. The summed E-state index contributed by atoms with van der Waals surface area (Å²) in [5.74, 6) is 0. The number of hydrogen-bond acceptors (Lipinski definition) is 7. The molecule has 1 aromatic heterocycles. The van der Waals surface area contributed by atoms with Crippen molar-refractivity contribution in [1.82, 2.24) is 9.71 Å². The van der Waals surface area contributed by atoms with Crippen molar-refractivity contribution in [2.75, 3.05) is 38.3 Å². The first-order valence-corrected chi connectivity index (χ1v) is 11.7. The molecular formula is C22H25N3O6S. The average molecular weight is 460 g/mol. The van der Waals surface area contributed by atoms with Crippen molar-refractivity contribution in [3.8, 4) is 11.3 Å². The van der Waals surface area contributed by atoms with Crippen LogP contribution in [0, 0.1) is 0 Å². The van der Waals surface area contributed by atoms with Crippen LogP contribution in [0.15, 0.2) is 53.4 Å². The van der Waals surface area contributed by atoms with E-state index in [1.165, 1.54) is 19.2 Å². The second-order valence-electron chi connectivity index (χ2n) is 7.57. The van der Waals surface area contributed by atoms with E-state index < -0.39 is 22.2 Å². The number of aromatic nitrogens is 1. The van der Waals surface area contributed by atoms with Crippen molar-refractivity contribution in [2.45, 2.75) is 17.4 Å². The van der Waals surface area contributed by atoms with Gasteiger partial charge in [-0.15, -0.1) is 0 Å². The molecule has 9 nitrogen and oxygen atoms in total. The molecule has 1 aliphatic heterocycles. The third kappa shape index (κ3) is 4.72. The molecule has 1 aliphatic rings. The first-order valence-electron chi connectivity index (χ1n) is 10.2. The molecule has 1 amide bonds. The van der Waals surface area contributed by atoms with Crippen LogP contribution in [-0.4, -0.2) is 64.1 Å². The maximum absolute atomic E-state index is 12.8. The van der Waals surface area contributed by atoms with Gasteiger partial charge in [0.05, 0.1) is 17.6 Å². The van der Waals surface area contributed by atoms with Crippen LogP contribution < -0.4 is 9.62 Å². The number of amides is 1. The Labute approximate surface area is 186 Å². The van der Waals surface area contributed by atoms with Gasteiger partial charge in [0.1, 0.15) is 6.61 Å². The van der Waals surface area contributed by atoms with Crippen LogP contribution in [0.1, 0.15) is 6.42 Å². The number of ether oxygens (including phenoxy) is 2. The first-order chi connectivity index (χ1) is 15.4. The predicted octanol–water partition coefficient (Wildman–Crippen LogP) is 2.47. The summed E-state index contributed by atoms with van der Waals surface area (Å²) >= 11 is 0. The summed E-state index contributed by atoms with van der Waals surface area (Å²) in [6.45, 7) is 1.22. The number of aliphatic hydroxyl groups excluding tert-OH is 1. The fourth-order valence-corrected chi connectivity index (χ4v) is 4.69. The van der Waals surface area contributed by atoms with Gasteiger partial charge in [-0.25, -0.2) is 17.9 Å². The zero-order valence-electron chi connectivity index (χ0n) is 17.6. The molecule has 4 rings (SSSR count). The molecule has 1 saturated heterocycles. The van der Waals surface area contributed by atoms with Crippen LogP contribution in [0.2, 0.25) is 0 Å². The number of carbonyl (C=O) groups is 1. The molecule has 3 N–H and O–H groups in total. The molecular weight excluding hydrogens is 434 g/mol. The Morgan fingerprint density at radius 3 is 2.75 bits per heavy atom. The van der Waals surface area contributed by atoms with Gasteiger partial charge in [0, 0.05) is 48.0 Å². The minimum absolute atomic E-state index is 0.0611. The molecule has 0 aliphatic carbocycles. The van der Waals surface area contributed by atoms with Gasteiger partial charge in [-0.1, -0.05) is 18.2 Å². The van der Waals surface area contributed by atoms with Crippen molar-refractivity contribution >= 4 is 32.7 Å². The zero-order chi connectivity index (χ0) is 22.7. The Morgan fingerprint density at radius 2 is 2.03 bits per heavy atom. The van der Waals surface area contributed by atoms with Crippen molar-refractivity contribution in [1.29, 1.82) is 0 Å². The summed E-state index contributed by atoms with van der Waals surface area (Å²) in [5, 5.41) is 11.0. The molecule has 1 atom stereocenters. The predicted molar refractivity (Wildman–Crippen MR) is 120 cm³/mol. The molecule has 10 heteroatoms. The summed E-state index contributed by atoms with van der Waals surface area (Å²) < 4.78 is 37.1. The van der Waals surface area contributed by atoms with Crippen molar-refractivity contribution in [3.63, 3.8) is 0 Å². The van der Waals surface area contributed by atoms with E-state index in [1.807, 2.05) is 40.0 Å². The van der Waals surface area contributed by atoms with E-state index in [0.717, 1.165) is 22.3 Å². The van der Waals surface area contributed by atoms with E-state index in [9.17, 15) is 18.3 Å². The third-order valence-electron chi connectivity index (χ3n) is 5.34. The number of aromatic amines is 1. The molecule has 170 valence electrons. The van der Waals surface area contributed by atoms with E-state index in [2.05, 4.69) is 4.98 Å². The number of benzene rings is 2. The molecule has 0 saturated carbocycles. The van der Waals surface area contributed by atoms with Gasteiger partial charge in [-0.05, 0) is 36.8 Å². The Balaban J connectivity index is 1.71. The third-order valence-corrected chi connectivity index (χ3v) is 6.65. The number of sulfonamides is 1. The SMILES string of the molecule is COCCOC(=O)NS(=O)(=O)c1ccc(N2CC[C@H](O)C2)c(-c2cc3ccccc3[nH]2)c1. The average Bonchev–Trinajstić information content (AvgIpc) is 3.39. The number of hydrogen-bond donors (Lipinski definition) is 3. The topological polar surface area (TPSA) is 121 Å². The van der Waals surface area contributed by atoms with Gasteiger partial charge in [-0.3, -0.25) is 0 Å². The lowest BCUT2D eigenvalue weighted by atomic mass is 10.1. The minimum atomic E-state index is -4.16. The number of β-amino-alcohol motifs (C(OH)–C–C–N with tert-alkyl or cyclic N) is 1. The molecule has 2 aromatic carbocycles. The number of rotatable bonds is 7. The lowest BCUT2D eigenvalue weighted by Gasteiger charge is -2.22. The van der Waals surface area contributed by atoms with Crippen LogP contribution in [-0.2, 0) is 19.5 Å². The molecule has 1 fully saturated rings. The van der Waals surface area contributed by atoms with E-state index in [0.29, 0.717) is 25.1 Å². The summed E-state index contributed by atoms with van der Waals surface area (Å²) in [4.78, 5) is 17.2. The second kappa shape index (κ2) is 9.19. The van der Waals surface area contributed by atoms with Gasteiger partial charge in [-0.2, -0.15) is 0 Å². The Bertz CT molecular complexity index is 1190. The van der Waals surface area contributed by atoms with Crippen molar-refractivity contribution < 1.29 is 27.8 Å². The van der Waals surface area contributed by atoms with Crippen molar-refractivity contribution in [3.05, 3.63) is 48.5 Å². The van der Waals surface area contributed by atoms with E-state index in [1.54, 1.807) is 6.07 Å². The first kappa shape index (κ1) is 22.1. The highest BCUT2D eigenvalue weighted by molar-refractivity contribution is 7.90. The van der Waals surface area contributed by atoms with Crippen LogP contribution in [0.25, 0.3) is 22.2 Å². The fourth-order valence-electron chi connectivity index (χ4n) is 3.77. The quantitative estimate of drug-likeness (QED) is 0.464. The van der Waals surface area contributed by atoms with Crippen LogP contribution >= 0.6 is 0 Å². The van der Waals surface area contributed by atoms with Crippen LogP contribution in [0.4, 0.5) is 10.5 Å². The van der Waals surface area contributed by atoms with Gasteiger partial charge < -0.3 is 24.5 Å². The molecule has 2 heterocycles. The summed E-state index contributed by atoms with van der Waals surface area (Å²) in [7, 11) is -2.71. The summed E-state index contributed by atoms with van der Waals surface area (Å²) in [6, 6.07) is 14.4. The van der Waals surface area contributed by atoms with E-state index in [4.69, 9.17) is 9.47 Å². The van der Waals surface area contributed by atoms with Crippen molar-refractivity contribution in [2.24, 2.45) is 0 Å². The molecule has 0 bridgehead atoms. The highest BCUT2D eigenvalue weighted by Gasteiger charge is 2.26. The van der Waals surface area contributed by atoms with Gasteiger partial charge in [0.15, 0.2) is 0 Å². The number of para-hydroxylation sites is 1. The maximum atomic E-state index is 12.8. The molecule has 0 unspecified atom stereocenters. The molecule has 32 heavy (non-hydrogen) atoms. The van der Waals surface area contributed by atoms with E-state index in [-0.39, 0.29) is 18.1 Å². The maximum Gasteiger partial charge on any atom is 0.421 e. The smallest absolute Gasteiger partial charge is 0.421 e.